The lowest BCUT2D eigenvalue weighted by molar-refractivity contribution is 0.100. The molecular formula is C26H21N3O2. The molecule has 5 aromatic rings. The Morgan fingerprint density at radius 3 is 2.39 bits per heavy atom. The van der Waals surface area contributed by atoms with Crippen LogP contribution in [0, 0.1) is 0 Å². The van der Waals surface area contributed by atoms with E-state index in [1.807, 2.05) is 36.4 Å². The monoisotopic (exact) mass is 407 g/mol. The van der Waals surface area contributed by atoms with Gasteiger partial charge in [-0.2, -0.15) is 0 Å². The summed E-state index contributed by atoms with van der Waals surface area (Å²) >= 11 is 0. The summed E-state index contributed by atoms with van der Waals surface area (Å²) in [6.45, 7) is 0.0260. The molecule has 5 rings (SSSR count). The number of primary amides is 1. The minimum Gasteiger partial charge on any atom is -0.395 e. The van der Waals surface area contributed by atoms with E-state index in [1.54, 1.807) is 18.2 Å². The highest BCUT2D eigenvalue weighted by atomic mass is 16.3. The quantitative estimate of drug-likeness (QED) is 0.397. The average Bonchev–Trinajstić information content (AvgIpc) is 3.23. The lowest BCUT2D eigenvalue weighted by Gasteiger charge is -2.16. The molecule has 0 radical (unpaired) electrons. The predicted molar refractivity (Wildman–Crippen MR) is 123 cm³/mol. The number of hydrogen-bond donors (Lipinski definition) is 3. The Morgan fingerprint density at radius 1 is 0.903 bits per heavy atom. The van der Waals surface area contributed by atoms with Crippen LogP contribution in [0.3, 0.4) is 0 Å². The van der Waals surface area contributed by atoms with E-state index in [4.69, 9.17) is 5.73 Å². The van der Waals surface area contributed by atoms with Gasteiger partial charge in [0.1, 0.15) is 5.82 Å². The first-order valence-corrected chi connectivity index (χ1v) is 10.1. The van der Waals surface area contributed by atoms with Crippen LogP contribution in [-0.4, -0.2) is 27.6 Å². The van der Waals surface area contributed by atoms with Crippen molar-refractivity contribution in [2.75, 3.05) is 6.61 Å². The Kier molecular flexibility index (Phi) is 4.73. The second kappa shape index (κ2) is 7.70. The van der Waals surface area contributed by atoms with Crippen molar-refractivity contribution in [1.82, 2.24) is 9.97 Å². The number of aromatic nitrogens is 2. The number of nitrogens with one attached hydrogen (secondary N) is 1. The molecule has 1 heterocycles. The maximum absolute atomic E-state index is 11.4. The SMILES string of the molecule is NC(=O)c1ccc2nc(-c3ccc(C(CO)c4ccc5ccccc5c4)cc3)[nH]c2c1. The highest BCUT2D eigenvalue weighted by Crippen LogP contribution is 2.29. The summed E-state index contributed by atoms with van der Waals surface area (Å²) in [5.41, 5.74) is 10.4. The normalized spacial score (nSPS) is 12.3. The van der Waals surface area contributed by atoms with Crippen molar-refractivity contribution in [3.05, 3.63) is 102 Å². The Balaban J connectivity index is 1.46. The van der Waals surface area contributed by atoms with E-state index in [0.717, 1.165) is 38.9 Å². The molecule has 0 aliphatic rings. The molecule has 0 saturated heterocycles. The number of nitrogens with zero attached hydrogens (tertiary/aromatic N) is 1. The number of aliphatic hydroxyl groups excluding tert-OH is 1. The van der Waals surface area contributed by atoms with Gasteiger partial charge >= 0.3 is 0 Å². The molecule has 0 fully saturated rings. The zero-order valence-electron chi connectivity index (χ0n) is 16.7. The van der Waals surface area contributed by atoms with E-state index < -0.39 is 5.91 Å². The number of fused-ring (bicyclic) bond motifs is 2. The minimum absolute atomic E-state index is 0.0260. The number of nitrogens with two attached hydrogens (primary N) is 1. The first kappa shape index (κ1) is 19.0. The third-order valence-electron chi connectivity index (χ3n) is 5.71. The zero-order valence-corrected chi connectivity index (χ0v) is 16.7. The minimum atomic E-state index is -0.467. The second-order valence-corrected chi connectivity index (χ2v) is 7.65. The van der Waals surface area contributed by atoms with Gasteiger partial charge in [-0.3, -0.25) is 4.79 Å². The molecule has 0 aliphatic heterocycles. The van der Waals surface area contributed by atoms with E-state index in [-0.39, 0.29) is 12.5 Å². The standard InChI is InChI=1S/C26H21N3O2/c27-25(31)21-11-12-23-24(14-21)29-26(28-23)18-8-6-17(7-9-18)22(15-30)20-10-5-16-3-1-2-4-19(16)13-20/h1-14,22,30H,15H2,(H2,27,31)(H,28,29). The van der Waals surface area contributed by atoms with Crippen molar-refractivity contribution in [2.45, 2.75) is 5.92 Å². The van der Waals surface area contributed by atoms with Crippen LogP contribution >= 0.6 is 0 Å². The van der Waals surface area contributed by atoms with Crippen LogP contribution in [0.4, 0.5) is 0 Å². The van der Waals surface area contributed by atoms with Crippen LogP contribution in [-0.2, 0) is 0 Å². The summed E-state index contributed by atoms with van der Waals surface area (Å²) in [5, 5.41) is 12.4. The number of rotatable bonds is 5. The Bertz CT molecular complexity index is 1400. The molecule has 5 nitrogen and oxygen atoms in total. The Labute approximate surface area is 179 Å². The molecule has 5 heteroatoms. The van der Waals surface area contributed by atoms with Crippen LogP contribution in [0.5, 0.6) is 0 Å². The van der Waals surface area contributed by atoms with E-state index in [1.165, 1.54) is 5.39 Å². The molecule has 0 aliphatic carbocycles. The van der Waals surface area contributed by atoms with Gasteiger partial charge in [0, 0.05) is 17.0 Å². The number of imidazole rings is 1. The van der Waals surface area contributed by atoms with Gasteiger partial charge in [-0.1, -0.05) is 66.7 Å². The van der Waals surface area contributed by atoms with Gasteiger partial charge in [0.05, 0.1) is 17.6 Å². The lowest BCUT2D eigenvalue weighted by atomic mass is 9.90. The van der Waals surface area contributed by atoms with E-state index in [9.17, 15) is 9.90 Å². The molecule has 0 saturated carbocycles. The molecule has 1 unspecified atom stereocenters. The van der Waals surface area contributed by atoms with E-state index >= 15 is 0 Å². The van der Waals surface area contributed by atoms with Crippen LogP contribution in [0.15, 0.2) is 84.9 Å². The number of H-pyrrole nitrogens is 1. The molecule has 152 valence electrons. The van der Waals surface area contributed by atoms with Crippen molar-refractivity contribution < 1.29 is 9.90 Å². The average molecular weight is 407 g/mol. The number of aromatic amines is 1. The van der Waals surface area contributed by atoms with Crippen LogP contribution in [0.2, 0.25) is 0 Å². The first-order chi connectivity index (χ1) is 15.1. The summed E-state index contributed by atoms with van der Waals surface area (Å²) in [6, 6.07) is 27.7. The Morgan fingerprint density at radius 2 is 1.65 bits per heavy atom. The van der Waals surface area contributed by atoms with Crippen molar-refractivity contribution >= 4 is 27.7 Å². The molecule has 0 bridgehead atoms. The molecule has 4 aromatic carbocycles. The van der Waals surface area contributed by atoms with Crippen molar-refractivity contribution in [3.63, 3.8) is 0 Å². The maximum Gasteiger partial charge on any atom is 0.248 e. The number of aliphatic hydroxyl groups is 1. The van der Waals surface area contributed by atoms with Gasteiger partial charge in [0.2, 0.25) is 5.91 Å². The van der Waals surface area contributed by atoms with Crippen LogP contribution in [0.1, 0.15) is 27.4 Å². The van der Waals surface area contributed by atoms with E-state index in [0.29, 0.717) is 5.56 Å². The number of carbonyl (C=O) groups excluding carboxylic acids is 1. The molecule has 4 N–H and O–H groups in total. The van der Waals surface area contributed by atoms with Gasteiger partial charge in [0.15, 0.2) is 0 Å². The number of carbonyl (C=O) groups is 1. The molecule has 31 heavy (non-hydrogen) atoms. The second-order valence-electron chi connectivity index (χ2n) is 7.65. The van der Waals surface area contributed by atoms with E-state index in [2.05, 4.69) is 40.3 Å². The molecule has 0 spiro atoms. The smallest absolute Gasteiger partial charge is 0.248 e. The molecule has 1 amide bonds. The fraction of sp³-hybridized carbons (Fsp3) is 0.0769. The topological polar surface area (TPSA) is 92.0 Å². The summed E-state index contributed by atoms with van der Waals surface area (Å²) in [5.74, 6) is 0.146. The zero-order chi connectivity index (χ0) is 21.4. The van der Waals surface area contributed by atoms with Gasteiger partial charge < -0.3 is 15.8 Å². The Hall–Kier alpha value is -3.96. The summed E-state index contributed by atoms with van der Waals surface area (Å²) in [7, 11) is 0. The van der Waals surface area contributed by atoms with Gasteiger partial charge in [-0.25, -0.2) is 4.98 Å². The summed E-state index contributed by atoms with van der Waals surface area (Å²) in [4.78, 5) is 19.3. The molecule has 1 aromatic heterocycles. The molecular weight excluding hydrogens is 386 g/mol. The highest BCUT2D eigenvalue weighted by Gasteiger charge is 2.15. The van der Waals surface area contributed by atoms with Crippen molar-refractivity contribution in [1.29, 1.82) is 0 Å². The van der Waals surface area contributed by atoms with Crippen LogP contribution in [0.25, 0.3) is 33.2 Å². The largest absolute Gasteiger partial charge is 0.395 e. The number of benzene rings is 4. The summed E-state index contributed by atoms with van der Waals surface area (Å²) in [6.07, 6.45) is 0. The first-order valence-electron chi connectivity index (χ1n) is 10.1. The predicted octanol–water partition coefficient (Wildman–Crippen LogP) is 4.61. The van der Waals surface area contributed by atoms with Gasteiger partial charge in [0.25, 0.3) is 0 Å². The number of amides is 1. The van der Waals surface area contributed by atoms with Crippen LogP contribution < -0.4 is 5.73 Å². The third kappa shape index (κ3) is 3.56. The van der Waals surface area contributed by atoms with Crippen molar-refractivity contribution in [2.24, 2.45) is 5.73 Å². The summed E-state index contributed by atoms with van der Waals surface area (Å²) < 4.78 is 0. The molecule has 1 atom stereocenters. The lowest BCUT2D eigenvalue weighted by Crippen LogP contribution is -2.10. The highest BCUT2D eigenvalue weighted by molar-refractivity contribution is 5.96. The third-order valence-corrected chi connectivity index (χ3v) is 5.71. The maximum atomic E-state index is 11.4. The van der Waals surface area contributed by atoms with Crippen molar-refractivity contribution in [3.8, 4) is 11.4 Å². The number of hydrogen-bond acceptors (Lipinski definition) is 3. The fourth-order valence-electron chi connectivity index (χ4n) is 4.00. The van der Waals surface area contributed by atoms with Gasteiger partial charge in [-0.05, 0) is 40.1 Å². The van der Waals surface area contributed by atoms with Gasteiger partial charge in [-0.15, -0.1) is 0 Å². The fourth-order valence-corrected chi connectivity index (χ4v) is 4.00.